The zero-order valence-electron chi connectivity index (χ0n) is 30.4. The van der Waals surface area contributed by atoms with E-state index in [-0.39, 0.29) is 0 Å². The van der Waals surface area contributed by atoms with Crippen LogP contribution in [0.1, 0.15) is 0 Å². The van der Waals surface area contributed by atoms with Crippen LogP contribution in [0.4, 0.5) is 0 Å². The van der Waals surface area contributed by atoms with Crippen molar-refractivity contribution in [3.8, 4) is 28.3 Å². The molecule has 9 aromatic carbocycles. The van der Waals surface area contributed by atoms with Gasteiger partial charge in [0.2, 0.25) is 5.95 Å². The van der Waals surface area contributed by atoms with Crippen molar-refractivity contribution in [1.82, 2.24) is 14.5 Å². The lowest BCUT2D eigenvalue weighted by atomic mass is 9.95. The van der Waals surface area contributed by atoms with Crippen LogP contribution in [0.25, 0.3) is 123 Å². The second-order valence-electron chi connectivity index (χ2n) is 14.8. The van der Waals surface area contributed by atoms with Gasteiger partial charge in [-0.25, -0.2) is 9.97 Å². The molecule has 57 heavy (non-hydrogen) atoms. The molecule has 0 saturated heterocycles. The highest BCUT2D eigenvalue weighted by atomic mass is 32.1. The van der Waals surface area contributed by atoms with Crippen LogP contribution in [-0.2, 0) is 0 Å². The first kappa shape index (κ1) is 31.3. The lowest BCUT2D eigenvalue weighted by Gasteiger charge is -2.14. The van der Waals surface area contributed by atoms with E-state index in [4.69, 9.17) is 9.97 Å². The minimum Gasteiger partial charge on any atom is -0.277 e. The molecular formula is C52H29N3S2. The van der Waals surface area contributed by atoms with Gasteiger partial charge in [-0.05, 0) is 39.1 Å². The van der Waals surface area contributed by atoms with E-state index in [1.54, 1.807) is 11.3 Å². The first-order valence-corrected chi connectivity index (χ1v) is 20.9. The van der Waals surface area contributed by atoms with Gasteiger partial charge < -0.3 is 0 Å². The number of thiophene rings is 2. The van der Waals surface area contributed by atoms with Crippen LogP contribution in [0.2, 0.25) is 0 Å². The van der Waals surface area contributed by atoms with Crippen LogP contribution in [0.15, 0.2) is 176 Å². The minimum atomic E-state index is 0.673. The molecule has 0 fully saturated rings. The third kappa shape index (κ3) is 4.35. The third-order valence-corrected chi connectivity index (χ3v) is 14.2. The summed E-state index contributed by atoms with van der Waals surface area (Å²) >= 11 is 3.66. The monoisotopic (exact) mass is 759 g/mol. The topological polar surface area (TPSA) is 30.7 Å². The van der Waals surface area contributed by atoms with Gasteiger partial charge in [-0.15, -0.1) is 22.7 Å². The van der Waals surface area contributed by atoms with E-state index in [0.29, 0.717) is 5.95 Å². The van der Waals surface area contributed by atoms with Crippen LogP contribution >= 0.6 is 22.7 Å². The maximum absolute atomic E-state index is 5.63. The van der Waals surface area contributed by atoms with E-state index in [1.807, 2.05) is 11.3 Å². The molecule has 4 heterocycles. The van der Waals surface area contributed by atoms with Crippen LogP contribution in [-0.4, -0.2) is 14.5 Å². The van der Waals surface area contributed by atoms with Gasteiger partial charge in [0.25, 0.3) is 0 Å². The van der Waals surface area contributed by atoms with Gasteiger partial charge in [-0.1, -0.05) is 164 Å². The summed E-state index contributed by atoms with van der Waals surface area (Å²) < 4.78 is 7.29. The Labute approximate surface area is 334 Å². The van der Waals surface area contributed by atoms with Crippen molar-refractivity contribution in [3.05, 3.63) is 176 Å². The van der Waals surface area contributed by atoms with Crippen LogP contribution in [0, 0.1) is 0 Å². The molecule has 0 aliphatic rings. The number of para-hydroxylation sites is 1. The molecule has 13 aromatic rings. The number of aromatic nitrogens is 3. The summed E-state index contributed by atoms with van der Waals surface area (Å²) in [4.78, 5) is 11.2. The molecule has 0 atom stereocenters. The number of hydrogen-bond donors (Lipinski definition) is 0. The molecule has 0 aliphatic heterocycles. The number of fused-ring (bicyclic) bond motifs is 16. The van der Waals surface area contributed by atoms with Gasteiger partial charge in [0.15, 0.2) is 0 Å². The lowest BCUT2D eigenvalue weighted by Crippen LogP contribution is -2.04. The molecule has 0 radical (unpaired) electrons. The Morgan fingerprint density at radius 1 is 0.368 bits per heavy atom. The van der Waals surface area contributed by atoms with Crippen LogP contribution < -0.4 is 0 Å². The Morgan fingerprint density at radius 3 is 1.84 bits per heavy atom. The molecule has 0 spiro atoms. The van der Waals surface area contributed by atoms with Crippen molar-refractivity contribution in [2.45, 2.75) is 0 Å². The summed E-state index contributed by atoms with van der Waals surface area (Å²) in [7, 11) is 0. The molecule has 0 N–H and O–H groups in total. The molecule has 0 amide bonds. The van der Waals surface area contributed by atoms with Crippen molar-refractivity contribution < 1.29 is 0 Å². The predicted octanol–water partition coefficient (Wildman–Crippen LogP) is 15.1. The van der Waals surface area contributed by atoms with E-state index < -0.39 is 0 Å². The molecule has 0 unspecified atom stereocenters. The summed E-state index contributed by atoms with van der Waals surface area (Å²) in [6.45, 7) is 0. The van der Waals surface area contributed by atoms with E-state index in [0.717, 1.165) is 37.9 Å². The first-order chi connectivity index (χ1) is 28.3. The summed E-state index contributed by atoms with van der Waals surface area (Å²) in [6.07, 6.45) is 0. The summed E-state index contributed by atoms with van der Waals surface area (Å²) in [5, 5.41) is 13.6. The Morgan fingerprint density at radius 2 is 1.00 bits per heavy atom. The second kappa shape index (κ2) is 11.8. The highest BCUT2D eigenvalue weighted by molar-refractivity contribution is 7.26. The second-order valence-corrected chi connectivity index (χ2v) is 16.9. The standard InChI is InChI=1S/C52H29N3S2/c1-2-15-31(16-3-1)46-51-47(39-22-10-11-27-42(39)56-51)54-52(53-46)55-48-37(38-24-13-26-41-44-32-17-5-4-14-30(32)28-29-43(44)57-50(38)41)23-12-25-40(48)45-35-20-8-6-18-33(35)34-19-7-9-21-36(34)49(45)55/h1-29H. The summed E-state index contributed by atoms with van der Waals surface area (Å²) in [5.74, 6) is 0.673. The molecule has 264 valence electrons. The van der Waals surface area contributed by atoms with Crippen LogP contribution in [0.3, 0.4) is 0 Å². The maximum atomic E-state index is 5.63. The molecule has 0 aliphatic carbocycles. The molecule has 0 bridgehead atoms. The van der Waals surface area contributed by atoms with Gasteiger partial charge in [0, 0.05) is 63.1 Å². The number of hydrogen-bond acceptors (Lipinski definition) is 4. The normalized spacial score (nSPS) is 12.2. The van der Waals surface area contributed by atoms with Crippen molar-refractivity contribution >= 4 is 117 Å². The first-order valence-electron chi connectivity index (χ1n) is 19.3. The van der Waals surface area contributed by atoms with Gasteiger partial charge in [-0.3, -0.25) is 4.57 Å². The highest BCUT2D eigenvalue weighted by Crippen LogP contribution is 2.49. The largest absolute Gasteiger partial charge is 0.277 e. The van der Waals surface area contributed by atoms with Gasteiger partial charge >= 0.3 is 0 Å². The smallest absolute Gasteiger partial charge is 0.235 e. The van der Waals surface area contributed by atoms with Crippen molar-refractivity contribution in [2.75, 3.05) is 0 Å². The van der Waals surface area contributed by atoms with Gasteiger partial charge in [0.05, 0.1) is 26.9 Å². The molecule has 4 aromatic heterocycles. The Bertz CT molecular complexity index is 3820. The predicted molar refractivity (Wildman–Crippen MR) is 246 cm³/mol. The molecular weight excluding hydrogens is 731 g/mol. The summed E-state index contributed by atoms with van der Waals surface area (Å²) in [5.41, 5.74) is 7.63. The van der Waals surface area contributed by atoms with Crippen molar-refractivity contribution in [1.29, 1.82) is 0 Å². The quantitative estimate of drug-likeness (QED) is 0.168. The van der Waals surface area contributed by atoms with E-state index in [1.165, 1.54) is 79.1 Å². The Hall–Kier alpha value is -6.92. The Balaban J connectivity index is 1.25. The fourth-order valence-electron chi connectivity index (χ4n) is 9.39. The molecule has 5 heteroatoms. The highest BCUT2D eigenvalue weighted by Gasteiger charge is 2.26. The fourth-order valence-corrected chi connectivity index (χ4v) is 11.8. The fraction of sp³-hybridized carbons (Fsp3) is 0. The van der Waals surface area contributed by atoms with Crippen LogP contribution in [0.5, 0.6) is 0 Å². The number of benzene rings is 9. The number of rotatable bonds is 3. The zero-order chi connectivity index (χ0) is 37.2. The van der Waals surface area contributed by atoms with E-state index in [9.17, 15) is 0 Å². The van der Waals surface area contributed by atoms with E-state index in [2.05, 4.69) is 180 Å². The lowest BCUT2D eigenvalue weighted by molar-refractivity contribution is 1.02. The SMILES string of the molecule is c1ccc(-c2nc(-n3c4c(-c5cccc6c5sc5ccc7ccccc7c56)cccc4c4c5ccccc5c5ccccc5c43)nc3c2sc2ccccc23)cc1. The third-order valence-electron chi connectivity index (χ3n) is 11.8. The zero-order valence-corrected chi connectivity index (χ0v) is 32.0. The van der Waals surface area contributed by atoms with E-state index >= 15 is 0 Å². The average Bonchev–Trinajstić information content (AvgIpc) is 3.97. The minimum absolute atomic E-state index is 0.673. The van der Waals surface area contributed by atoms with Crippen molar-refractivity contribution in [2.24, 2.45) is 0 Å². The number of nitrogens with zero attached hydrogens (tertiary/aromatic N) is 3. The maximum Gasteiger partial charge on any atom is 0.235 e. The van der Waals surface area contributed by atoms with Gasteiger partial charge in [0.1, 0.15) is 0 Å². The molecule has 3 nitrogen and oxygen atoms in total. The van der Waals surface area contributed by atoms with Crippen molar-refractivity contribution in [3.63, 3.8) is 0 Å². The molecule has 0 saturated carbocycles. The van der Waals surface area contributed by atoms with Gasteiger partial charge in [-0.2, -0.15) is 0 Å². The Kier molecular flexibility index (Phi) is 6.48. The summed E-state index contributed by atoms with van der Waals surface area (Å²) in [6, 6.07) is 63.9. The molecule has 13 rings (SSSR count). The average molecular weight is 760 g/mol.